The SMILES string of the molecule is COc1ccc(C(=O)CCc2nc(C3CC3)no2)cc1. The van der Waals surface area contributed by atoms with Crippen molar-refractivity contribution < 1.29 is 14.1 Å². The van der Waals surface area contributed by atoms with Crippen LogP contribution in [0, 0.1) is 0 Å². The second kappa shape index (κ2) is 5.45. The lowest BCUT2D eigenvalue weighted by atomic mass is 10.1. The van der Waals surface area contributed by atoms with Gasteiger partial charge in [-0.1, -0.05) is 5.16 Å². The molecule has 0 unspecified atom stereocenters. The van der Waals surface area contributed by atoms with Crippen molar-refractivity contribution in [2.24, 2.45) is 0 Å². The number of rotatable bonds is 6. The van der Waals surface area contributed by atoms with Gasteiger partial charge in [0.15, 0.2) is 11.6 Å². The molecule has 1 saturated carbocycles. The van der Waals surface area contributed by atoms with E-state index >= 15 is 0 Å². The zero-order valence-electron chi connectivity index (χ0n) is 11.3. The monoisotopic (exact) mass is 272 g/mol. The van der Waals surface area contributed by atoms with Crippen LogP contribution in [0.2, 0.25) is 0 Å². The lowest BCUT2D eigenvalue weighted by molar-refractivity contribution is 0.0979. The number of carbonyl (C=O) groups excluding carboxylic acids is 1. The third-order valence-corrected chi connectivity index (χ3v) is 3.40. The van der Waals surface area contributed by atoms with Crippen LogP contribution in [-0.4, -0.2) is 23.0 Å². The Morgan fingerprint density at radius 3 is 2.75 bits per heavy atom. The number of nitrogens with zero attached hydrogens (tertiary/aromatic N) is 2. The predicted molar refractivity (Wildman–Crippen MR) is 71.9 cm³/mol. The summed E-state index contributed by atoms with van der Waals surface area (Å²) >= 11 is 0. The molecular weight excluding hydrogens is 256 g/mol. The van der Waals surface area contributed by atoms with Gasteiger partial charge in [-0.2, -0.15) is 4.98 Å². The van der Waals surface area contributed by atoms with Crippen molar-refractivity contribution >= 4 is 5.78 Å². The fourth-order valence-corrected chi connectivity index (χ4v) is 2.02. The molecule has 1 aromatic heterocycles. The quantitative estimate of drug-likeness (QED) is 0.756. The fraction of sp³-hybridized carbons (Fsp3) is 0.400. The summed E-state index contributed by atoms with van der Waals surface area (Å²) < 4.78 is 10.2. The Morgan fingerprint density at radius 2 is 2.10 bits per heavy atom. The number of hydrogen-bond donors (Lipinski definition) is 0. The van der Waals surface area contributed by atoms with Crippen molar-refractivity contribution in [3.8, 4) is 5.75 Å². The van der Waals surface area contributed by atoms with Crippen molar-refractivity contribution in [1.29, 1.82) is 0 Å². The minimum absolute atomic E-state index is 0.0684. The number of hydrogen-bond acceptors (Lipinski definition) is 5. The standard InChI is InChI=1S/C15H16N2O3/c1-19-12-6-4-10(5-7-12)13(18)8-9-14-16-15(17-20-14)11-2-3-11/h4-7,11H,2-3,8-9H2,1H3. The molecule has 0 atom stereocenters. The third kappa shape index (κ3) is 2.87. The molecule has 5 heteroatoms. The zero-order chi connectivity index (χ0) is 13.9. The Labute approximate surface area is 116 Å². The third-order valence-electron chi connectivity index (χ3n) is 3.40. The average Bonchev–Trinajstić information content (AvgIpc) is 3.24. The fourth-order valence-electron chi connectivity index (χ4n) is 2.02. The van der Waals surface area contributed by atoms with E-state index in [2.05, 4.69) is 10.1 Å². The molecule has 1 aromatic carbocycles. The number of benzene rings is 1. The highest BCUT2D eigenvalue weighted by atomic mass is 16.5. The van der Waals surface area contributed by atoms with Gasteiger partial charge < -0.3 is 9.26 Å². The first-order valence-electron chi connectivity index (χ1n) is 6.76. The van der Waals surface area contributed by atoms with E-state index in [9.17, 15) is 4.79 Å². The summed E-state index contributed by atoms with van der Waals surface area (Å²) in [5.41, 5.74) is 0.674. The van der Waals surface area contributed by atoms with Crippen LogP contribution in [0.3, 0.4) is 0 Å². The van der Waals surface area contributed by atoms with Crippen molar-refractivity contribution in [3.05, 3.63) is 41.5 Å². The van der Waals surface area contributed by atoms with Crippen LogP contribution in [0.5, 0.6) is 5.75 Å². The Kier molecular flexibility index (Phi) is 3.50. The highest BCUT2D eigenvalue weighted by Crippen LogP contribution is 2.38. The van der Waals surface area contributed by atoms with Crippen LogP contribution in [0.15, 0.2) is 28.8 Å². The summed E-state index contributed by atoms with van der Waals surface area (Å²) in [7, 11) is 1.60. The van der Waals surface area contributed by atoms with E-state index in [1.165, 1.54) is 0 Å². The van der Waals surface area contributed by atoms with E-state index in [1.807, 2.05) is 0 Å². The van der Waals surface area contributed by atoms with Crippen LogP contribution in [0.25, 0.3) is 0 Å². The number of aromatic nitrogens is 2. The van der Waals surface area contributed by atoms with Gasteiger partial charge in [-0.25, -0.2) is 0 Å². The molecule has 2 aromatic rings. The lowest BCUT2D eigenvalue weighted by Crippen LogP contribution is -2.01. The van der Waals surface area contributed by atoms with Crippen molar-refractivity contribution in [3.63, 3.8) is 0 Å². The number of carbonyl (C=O) groups is 1. The van der Waals surface area contributed by atoms with E-state index in [-0.39, 0.29) is 5.78 Å². The molecule has 0 aliphatic heterocycles. The van der Waals surface area contributed by atoms with Crippen LogP contribution in [-0.2, 0) is 6.42 Å². The predicted octanol–water partition coefficient (Wildman–Crippen LogP) is 2.77. The second-order valence-electron chi connectivity index (χ2n) is 4.97. The Balaban J connectivity index is 1.57. The minimum Gasteiger partial charge on any atom is -0.497 e. The first-order valence-corrected chi connectivity index (χ1v) is 6.76. The van der Waals surface area contributed by atoms with Gasteiger partial charge in [0, 0.05) is 24.3 Å². The number of ketones is 1. The molecular formula is C15H16N2O3. The van der Waals surface area contributed by atoms with Crippen LogP contribution >= 0.6 is 0 Å². The van der Waals surface area contributed by atoms with Crippen molar-refractivity contribution in [2.45, 2.75) is 31.6 Å². The van der Waals surface area contributed by atoms with Crippen LogP contribution in [0.1, 0.15) is 47.3 Å². The van der Waals surface area contributed by atoms with E-state index in [0.717, 1.165) is 24.4 Å². The van der Waals surface area contributed by atoms with Gasteiger partial charge in [0.2, 0.25) is 5.89 Å². The maximum Gasteiger partial charge on any atom is 0.227 e. The zero-order valence-corrected chi connectivity index (χ0v) is 11.3. The van der Waals surface area contributed by atoms with E-state index in [1.54, 1.807) is 31.4 Å². The van der Waals surface area contributed by atoms with E-state index in [4.69, 9.17) is 9.26 Å². The first kappa shape index (κ1) is 12.8. The summed E-state index contributed by atoms with van der Waals surface area (Å²) in [4.78, 5) is 16.4. The molecule has 0 spiro atoms. The van der Waals surface area contributed by atoms with Crippen LogP contribution < -0.4 is 4.74 Å². The molecule has 0 bridgehead atoms. The summed E-state index contributed by atoms with van der Waals surface area (Å²) in [5, 5.41) is 3.94. The maximum absolute atomic E-state index is 12.0. The number of methoxy groups -OCH3 is 1. The van der Waals surface area contributed by atoms with Gasteiger partial charge in [-0.05, 0) is 37.1 Å². The maximum atomic E-state index is 12.0. The normalized spacial score (nSPS) is 14.2. The molecule has 1 heterocycles. The molecule has 0 N–H and O–H groups in total. The summed E-state index contributed by atoms with van der Waals surface area (Å²) in [6.45, 7) is 0. The molecule has 20 heavy (non-hydrogen) atoms. The summed E-state index contributed by atoms with van der Waals surface area (Å²) in [6, 6.07) is 7.10. The van der Waals surface area contributed by atoms with E-state index < -0.39 is 0 Å². The van der Waals surface area contributed by atoms with Gasteiger partial charge in [0.1, 0.15) is 5.75 Å². The first-order chi connectivity index (χ1) is 9.76. The number of Topliss-reactive ketones (excluding diaryl/α,β-unsaturated/α-hetero) is 1. The van der Waals surface area contributed by atoms with Crippen molar-refractivity contribution in [2.75, 3.05) is 7.11 Å². The topological polar surface area (TPSA) is 65.2 Å². The Hall–Kier alpha value is -2.17. The molecule has 3 rings (SSSR count). The second-order valence-corrected chi connectivity index (χ2v) is 4.97. The van der Waals surface area contributed by atoms with E-state index in [0.29, 0.717) is 30.2 Å². The van der Waals surface area contributed by atoms with Gasteiger partial charge in [-0.3, -0.25) is 4.79 Å². The number of ether oxygens (including phenoxy) is 1. The minimum atomic E-state index is 0.0684. The molecule has 0 radical (unpaired) electrons. The number of aryl methyl sites for hydroxylation is 1. The molecule has 1 aliphatic carbocycles. The molecule has 0 amide bonds. The Bertz CT molecular complexity index is 600. The molecule has 1 fully saturated rings. The molecule has 104 valence electrons. The van der Waals surface area contributed by atoms with Crippen LogP contribution in [0.4, 0.5) is 0 Å². The summed E-state index contributed by atoms with van der Waals surface area (Å²) in [5.74, 6) is 2.63. The molecule has 1 aliphatic rings. The largest absolute Gasteiger partial charge is 0.497 e. The summed E-state index contributed by atoms with van der Waals surface area (Å²) in [6.07, 6.45) is 3.15. The smallest absolute Gasteiger partial charge is 0.227 e. The average molecular weight is 272 g/mol. The Morgan fingerprint density at radius 1 is 1.35 bits per heavy atom. The van der Waals surface area contributed by atoms with Gasteiger partial charge in [0.05, 0.1) is 7.11 Å². The highest BCUT2D eigenvalue weighted by molar-refractivity contribution is 5.96. The van der Waals surface area contributed by atoms with Crippen molar-refractivity contribution in [1.82, 2.24) is 10.1 Å². The van der Waals surface area contributed by atoms with Gasteiger partial charge in [0.25, 0.3) is 0 Å². The van der Waals surface area contributed by atoms with Gasteiger partial charge in [-0.15, -0.1) is 0 Å². The molecule has 5 nitrogen and oxygen atoms in total. The molecule has 0 saturated heterocycles. The van der Waals surface area contributed by atoms with Gasteiger partial charge >= 0.3 is 0 Å². The highest BCUT2D eigenvalue weighted by Gasteiger charge is 2.28. The lowest BCUT2D eigenvalue weighted by Gasteiger charge is -2.01.